The summed E-state index contributed by atoms with van der Waals surface area (Å²) < 4.78 is 7.01. The van der Waals surface area contributed by atoms with Crippen molar-refractivity contribution in [1.82, 2.24) is 25.3 Å². The topological polar surface area (TPSA) is 106 Å². The number of nitrogens with one attached hydrogen (secondary N) is 2. The molecule has 0 spiro atoms. The summed E-state index contributed by atoms with van der Waals surface area (Å²) in [6.45, 7) is 2.19. The molecule has 9 nitrogen and oxygen atoms in total. The van der Waals surface area contributed by atoms with E-state index in [1.807, 2.05) is 32.2 Å². The minimum absolute atomic E-state index is 0.0818. The highest BCUT2D eigenvalue weighted by Crippen LogP contribution is 2.28. The molecule has 0 bridgehead atoms. The highest BCUT2D eigenvalue weighted by Gasteiger charge is 2.48. The van der Waals surface area contributed by atoms with Crippen molar-refractivity contribution in [2.45, 2.75) is 19.0 Å². The summed E-state index contributed by atoms with van der Waals surface area (Å²) >= 11 is 0. The molecular weight excluding hydrogens is 422 g/mol. The van der Waals surface area contributed by atoms with Gasteiger partial charge in [-0.1, -0.05) is 17.9 Å². The van der Waals surface area contributed by atoms with Gasteiger partial charge in [0.25, 0.3) is 11.8 Å². The number of aryl methyl sites for hydroxylation is 2. The number of aromatic nitrogens is 2. The fourth-order valence-corrected chi connectivity index (χ4v) is 4.42. The van der Waals surface area contributed by atoms with Gasteiger partial charge in [-0.15, -0.1) is 0 Å². The summed E-state index contributed by atoms with van der Waals surface area (Å²) in [6.07, 6.45) is 1.75. The Morgan fingerprint density at radius 3 is 2.76 bits per heavy atom. The predicted octanol–water partition coefficient (Wildman–Crippen LogP) is 1.48. The summed E-state index contributed by atoms with van der Waals surface area (Å²) in [5.41, 5.74) is 2.45. The van der Waals surface area contributed by atoms with Crippen LogP contribution in [0.25, 0.3) is 10.9 Å². The van der Waals surface area contributed by atoms with Crippen molar-refractivity contribution in [2.75, 3.05) is 13.7 Å². The maximum Gasteiger partial charge on any atom is 0.323 e. The first-order valence-electron chi connectivity index (χ1n) is 10.3. The molecule has 1 saturated heterocycles. The van der Waals surface area contributed by atoms with Gasteiger partial charge in [0.2, 0.25) is 5.54 Å². The molecular formula is C24H21N5O4. The number of fused-ring (bicyclic) bond motifs is 2. The van der Waals surface area contributed by atoms with E-state index in [4.69, 9.17) is 4.74 Å². The van der Waals surface area contributed by atoms with Gasteiger partial charge in [-0.05, 0) is 42.3 Å². The molecule has 3 aromatic rings. The molecule has 0 unspecified atom stereocenters. The largest absolute Gasteiger partial charge is 0.497 e. The van der Waals surface area contributed by atoms with E-state index in [9.17, 15) is 14.4 Å². The molecule has 2 aliphatic rings. The summed E-state index contributed by atoms with van der Waals surface area (Å²) in [5.74, 6) is 5.72. The van der Waals surface area contributed by atoms with Crippen LogP contribution in [0.5, 0.6) is 5.75 Å². The fraction of sp³-hybridized carbons (Fsp3) is 0.250. The van der Waals surface area contributed by atoms with Crippen molar-refractivity contribution in [2.24, 2.45) is 7.05 Å². The SMILES string of the molecule is COc1ccc2c(c1)C(=O)N(C[C@@]1(C#Cc3cc(C)c4c(cnn4C)c3)NC(=O)NC1=O)C2. The zero-order valence-electron chi connectivity index (χ0n) is 18.4. The Balaban J connectivity index is 1.49. The number of amides is 4. The number of ether oxygens (including phenoxy) is 1. The lowest BCUT2D eigenvalue weighted by Gasteiger charge is -2.26. The van der Waals surface area contributed by atoms with Crippen LogP contribution in [0.2, 0.25) is 0 Å². The Labute approximate surface area is 189 Å². The highest BCUT2D eigenvalue weighted by molar-refractivity contribution is 6.10. The molecule has 1 fully saturated rings. The molecule has 9 heteroatoms. The van der Waals surface area contributed by atoms with Crippen LogP contribution >= 0.6 is 0 Å². The second-order valence-corrected chi connectivity index (χ2v) is 8.25. The Morgan fingerprint density at radius 2 is 2.03 bits per heavy atom. The van der Waals surface area contributed by atoms with Gasteiger partial charge in [0.1, 0.15) is 5.75 Å². The molecule has 4 amide bonds. The highest BCUT2D eigenvalue weighted by atomic mass is 16.5. The van der Waals surface area contributed by atoms with Crippen molar-refractivity contribution in [3.63, 3.8) is 0 Å². The van der Waals surface area contributed by atoms with E-state index >= 15 is 0 Å². The molecule has 3 heterocycles. The fourth-order valence-electron chi connectivity index (χ4n) is 4.42. The average molecular weight is 443 g/mol. The number of carbonyl (C=O) groups is 3. The minimum Gasteiger partial charge on any atom is -0.497 e. The van der Waals surface area contributed by atoms with Crippen molar-refractivity contribution >= 4 is 28.7 Å². The van der Waals surface area contributed by atoms with E-state index in [0.717, 1.165) is 22.0 Å². The number of imide groups is 1. The first kappa shape index (κ1) is 20.6. The third-order valence-electron chi connectivity index (χ3n) is 6.01. The standard InChI is InChI=1S/C24H21N5O4/c1-14-8-15(9-17-11-25-28(2)20(14)17)6-7-24(22(31)26-23(32)27-24)13-29-12-16-4-5-18(33-3)10-19(16)21(29)30/h4-5,8-11H,12-13H2,1-3H3,(H2,26,27,31,32)/t24-/m1/s1. The quantitative estimate of drug-likeness (QED) is 0.471. The first-order chi connectivity index (χ1) is 15.8. The number of methoxy groups -OCH3 is 1. The molecule has 2 aliphatic heterocycles. The van der Waals surface area contributed by atoms with Crippen LogP contribution in [0, 0.1) is 18.8 Å². The number of urea groups is 1. The maximum atomic E-state index is 13.0. The zero-order chi connectivity index (χ0) is 23.3. The first-order valence-corrected chi connectivity index (χ1v) is 10.3. The van der Waals surface area contributed by atoms with Crippen LogP contribution < -0.4 is 15.4 Å². The lowest BCUT2D eigenvalue weighted by Crippen LogP contribution is -2.54. The normalized spacial score (nSPS) is 19.2. The van der Waals surface area contributed by atoms with Crippen LogP contribution in [-0.4, -0.2) is 51.7 Å². The lowest BCUT2D eigenvalue weighted by atomic mass is 9.98. The molecule has 5 rings (SSSR count). The van der Waals surface area contributed by atoms with Crippen molar-refractivity contribution in [1.29, 1.82) is 0 Å². The monoisotopic (exact) mass is 443 g/mol. The molecule has 1 atom stereocenters. The van der Waals surface area contributed by atoms with Crippen molar-refractivity contribution < 1.29 is 19.1 Å². The predicted molar refractivity (Wildman–Crippen MR) is 119 cm³/mol. The van der Waals surface area contributed by atoms with E-state index in [-0.39, 0.29) is 12.5 Å². The minimum atomic E-state index is -1.56. The number of benzene rings is 2. The second-order valence-electron chi connectivity index (χ2n) is 8.25. The number of hydrogen-bond acceptors (Lipinski definition) is 5. The van der Waals surface area contributed by atoms with E-state index in [1.165, 1.54) is 12.0 Å². The van der Waals surface area contributed by atoms with Gasteiger partial charge < -0.3 is 15.0 Å². The smallest absolute Gasteiger partial charge is 0.323 e. The number of rotatable bonds is 3. The van der Waals surface area contributed by atoms with Crippen LogP contribution in [0.4, 0.5) is 4.79 Å². The third-order valence-corrected chi connectivity index (χ3v) is 6.01. The van der Waals surface area contributed by atoms with E-state index in [1.54, 1.807) is 23.0 Å². The lowest BCUT2D eigenvalue weighted by molar-refractivity contribution is -0.122. The van der Waals surface area contributed by atoms with Crippen molar-refractivity contribution in [3.8, 4) is 17.6 Å². The number of hydrogen-bond donors (Lipinski definition) is 2. The maximum absolute atomic E-state index is 13.0. The zero-order valence-corrected chi connectivity index (χ0v) is 18.4. The van der Waals surface area contributed by atoms with E-state index < -0.39 is 17.5 Å². The van der Waals surface area contributed by atoms with Gasteiger partial charge in [0.05, 0.1) is 25.4 Å². The molecule has 33 heavy (non-hydrogen) atoms. The van der Waals surface area contributed by atoms with Crippen molar-refractivity contribution in [3.05, 3.63) is 58.8 Å². The summed E-state index contributed by atoms with van der Waals surface area (Å²) in [5, 5.41) is 10.1. The van der Waals surface area contributed by atoms with Gasteiger partial charge in [0.15, 0.2) is 0 Å². The molecule has 1 aromatic heterocycles. The van der Waals surface area contributed by atoms with Crippen LogP contribution in [-0.2, 0) is 18.4 Å². The Hall–Kier alpha value is -4.32. The average Bonchev–Trinajstić information content (AvgIpc) is 3.40. The van der Waals surface area contributed by atoms with Gasteiger partial charge >= 0.3 is 6.03 Å². The second kappa shape index (κ2) is 7.38. The van der Waals surface area contributed by atoms with E-state index in [2.05, 4.69) is 27.6 Å². The van der Waals surface area contributed by atoms with Gasteiger partial charge in [-0.3, -0.25) is 19.6 Å². The van der Waals surface area contributed by atoms with Gasteiger partial charge in [-0.2, -0.15) is 5.10 Å². The third kappa shape index (κ3) is 3.36. The Bertz CT molecular complexity index is 1410. The Morgan fingerprint density at radius 1 is 1.21 bits per heavy atom. The van der Waals surface area contributed by atoms with Gasteiger partial charge in [-0.25, -0.2) is 4.79 Å². The molecule has 2 aromatic carbocycles. The number of nitrogens with zero attached hydrogens (tertiary/aromatic N) is 3. The molecule has 2 N–H and O–H groups in total. The molecule has 0 saturated carbocycles. The summed E-state index contributed by atoms with van der Waals surface area (Å²) in [6, 6.07) is 8.43. The van der Waals surface area contributed by atoms with Gasteiger partial charge in [0, 0.05) is 30.1 Å². The summed E-state index contributed by atoms with van der Waals surface area (Å²) in [4.78, 5) is 39.4. The van der Waals surface area contributed by atoms with Crippen LogP contribution in [0.15, 0.2) is 36.5 Å². The molecule has 0 radical (unpaired) electrons. The Kier molecular flexibility index (Phi) is 4.60. The van der Waals surface area contributed by atoms with Crippen LogP contribution in [0.3, 0.4) is 0 Å². The molecule has 0 aliphatic carbocycles. The summed E-state index contributed by atoms with van der Waals surface area (Å²) in [7, 11) is 3.40. The van der Waals surface area contributed by atoms with Crippen LogP contribution in [0.1, 0.15) is 27.0 Å². The number of carbonyl (C=O) groups excluding carboxylic acids is 3. The molecule has 166 valence electrons. The van der Waals surface area contributed by atoms with E-state index in [0.29, 0.717) is 23.4 Å².